The van der Waals surface area contributed by atoms with E-state index in [0.29, 0.717) is 17.8 Å². The van der Waals surface area contributed by atoms with Gasteiger partial charge in [0.15, 0.2) is 0 Å². The van der Waals surface area contributed by atoms with Crippen molar-refractivity contribution in [3.63, 3.8) is 0 Å². The quantitative estimate of drug-likeness (QED) is 0.728. The number of hydrogen-bond donors (Lipinski definition) is 2. The summed E-state index contributed by atoms with van der Waals surface area (Å²) in [6.07, 6.45) is 0. The second-order valence-corrected chi connectivity index (χ2v) is 3.77. The maximum absolute atomic E-state index is 11.7. The Morgan fingerprint density at radius 2 is 2.00 bits per heavy atom. The topological polar surface area (TPSA) is 58.4 Å². The Morgan fingerprint density at radius 3 is 2.56 bits per heavy atom. The number of amides is 1. The van der Waals surface area contributed by atoms with E-state index in [1.807, 2.05) is 7.05 Å². The number of nitrogens with one attached hydrogen (secondary N) is 1. The zero-order chi connectivity index (χ0) is 12.0. The van der Waals surface area contributed by atoms with Gasteiger partial charge in [-0.2, -0.15) is 0 Å². The number of carbonyl (C=O) groups excluding carboxylic acids is 1. The number of likely N-dealkylation sites (N-methyl/N-ethyl adjacent to an activating group) is 1. The van der Waals surface area contributed by atoms with E-state index in [9.17, 15) is 4.79 Å². The van der Waals surface area contributed by atoms with Crippen LogP contribution in [0.15, 0.2) is 24.3 Å². The third kappa shape index (κ3) is 3.90. The van der Waals surface area contributed by atoms with Crippen molar-refractivity contribution in [1.29, 1.82) is 0 Å². The molecule has 3 N–H and O–H groups in total. The van der Waals surface area contributed by atoms with Crippen molar-refractivity contribution in [2.75, 3.05) is 32.4 Å². The van der Waals surface area contributed by atoms with Crippen LogP contribution in [0.3, 0.4) is 0 Å². The molecule has 0 atom stereocenters. The van der Waals surface area contributed by atoms with Crippen LogP contribution in [0.25, 0.3) is 0 Å². The second-order valence-electron chi connectivity index (χ2n) is 3.77. The van der Waals surface area contributed by atoms with E-state index in [2.05, 4.69) is 17.1 Å². The minimum atomic E-state index is -0.0514. The third-order valence-electron chi connectivity index (χ3n) is 2.49. The summed E-state index contributed by atoms with van der Waals surface area (Å²) in [7, 11) is 2.02. The summed E-state index contributed by atoms with van der Waals surface area (Å²) in [4.78, 5) is 13.8. The Morgan fingerprint density at radius 1 is 1.38 bits per heavy atom. The summed E-state index contributed by atoms with van der Waals surface area (Å²) in [6.45, 7) is 4.59. The van der Waals surface area contributed by atoms with Crippen molar-refractivity contribution in [2.24, 2.45) is 0 Å². The lowest BCUT2D eigenvalue weighted by atomic mass is 10.2. The molecule has 1 rings (SSSR count). The molecule has 16 heavy (non-hydrogen) atoms. The third-order valence-corrected chi connectivity index (χ3v) is 2.49. The highest BCUT2D eigenvalue weighted by Crippen LogP contribution is 2.04. The summed E-state index contributed by atoms with van der Waals surface area (Å²) in [5.74, 6) is -0.0514. The average Bonchev–Trinajstić information content (AvgIpc) is 2.29. The predicted octanol–water partition coefficient (Wildman–Crippen LogP) is 0.950. The molecular formula is C12H19N3O. The smallest absolute Gasteiger partial charge is 0.251 e. The van der Waals surface area contributed by atoms with Gasteiger partial charge in [-0.05, 0) is 37.9 Å². The van der Waals surface area contributed by atoms with E-state index >= 15 is 0 Å². The van der Waals surface area contributed by atoms with Gasteiger partial charge in [-0.1, -0.05) is 6.92 Å². The van der Waals surface area contributed by atoms with Gasteiger partial charge in [-0.25, -0.2) is 0 Å². The SMILES string of the molecule is CCN(C)CCNC(=O)c1ccc(N)cc1. The highest BCUT2D eigenvalue weighted by Gasteiger charge is 2.04. The molecule has 0 aromatic heterocycles. The van der Waals surface area contributed by atoms with Crippen molar-refractivity contribution < 1.29 is 4.79 Å². The Hall–Kier alpha value is -1.55. The van der Waals surface area contributed by atoms with Crippen LogP contribution >= 0.6 is 0 Å². The molecule has 0 unspecified atom stereocenters. The molecule has 0 fully saturated rings. The van der Waals surface area contributed by atoms with Crippen molar-refractivity contribution in [2.45, 2.75) is 6.92 Å². The van der Waals surface area contributed by atoms with Crippen molar-refractivity contribution in [3.8, 4) is 0 Å². The van der Waals surface area contributed by atoms with E-state index in [1.54, 1.807) is 24.3 Å². The van der Waals surface area contributed by atoms with E-state index in [4.69, 9.17) is 5.73 Å². The molecule has 0 saturated heterocycles. The molecule has 0 aliphatic carbocycles. The number of nitrogen functional groups attached to an aromatic ring is 1. The molecule has 0 heterocycles. The lowest BCUT2D eigenvalue weighted by molar-refractivity contribution is 0.0950. The Balaban J connectivity index is 2.38. The molecule has 0 radical (unpaired) electrons. The van der Waals surface area contributed by atoms with Crippen LogP contribution in [0.5, 0.6) is 0 Å². The zero-order valence-corrected chi connectivity index (χ0v) is 9.86. The van der Waals surface area contributed by atoms with Gasteiger partial charge in [-0.3, -0.25) is 4.79 Å². The normalized spacial score (nSPS) is 10.4. The first-order valence-electron chi connectivity index (χ1n) is 5.45. The van der Waals surface area contributed by atoms with E-state index in [0.717, 1.165) is 13.1 Å². The zero-order valence-electron chi connectivity index (χ0n) is 9.86. The number of rotatable bonds is 5. The number of anilines is 1. The number of hydrogen-bond acceptors (Lipinski definition) is 3. The molecule has 0 aliphatic rings. The molecule has 0 spiro atoms. The number of nitrogens with zero attached hydrogens (tertiary/aromatic N) is 1. The molecule has 1 amide bonds. The Labute approximate surface area is 96.4 Å². The lowest BCUT2D eigenvalue weighted by Gasteiger charge is -2.13. The van der Waals surface area contributed by atoms with Gasteiger partial charge in [0.25, 0.3) is 5.91 Å². The van der Waals surface area contributed by atoms with E-state index in [-0.39, 0.29) is 5.91 Å². The first-order chi connectivity index (χ1) is 7.63. The van der Waals surface area contributed by atoms with E-state index < -0.39 is 0 Å². The van der Waals surface area contributed by atoms with Gasteiger partial charge in [-0.15, -0.1) is 0 Å². The van der Waals surface area contributed by atoms with Crippen LogP contribution in [0.1, 0.15) is 17.3 Å². The van der Waals surface area contributed by atoms with Crippen molar-refractivity contribution in [3.05, 3.63) is 29.8 Å². The fourth-order valence-corrected chi connectivity index (χ4v) is 1.25. The first kappa shape index (κ1) is 12.5. The minimum Gasteiger partial charge on any atom is -0.399 e. The van der Waals surface area contributed by atoms with Crippen LogP contribution in [-0.4, -0.2) is 37.5 Å². The molecule has 0 saturated carbocycles. The fraction of sp³-hybridized carbons (Fsp3) is 0.417. The molecule has 0 aliphatic heterocycles. The monoisotopic (exact) mass is 221 g/mol. The van der Waals surface area contributed by atoms with Crippen LogP contribution in [-0.2, 0) is 0 Å². The Kier molecular flexibility index (Phi) is 4.79. The van der Waals surface area contributed by atoms with Crippen LogP contribution in [0.2, 0.25) is 0 Å². The van der Waals surface area contributed by atoms with Crippen LogP contribution < -0.4 is 11.1 Å². The number of nitrogens with two attached hydrogens (primary N) is 1. The lowest BCUT2D eigenvalue weighted by Crippen LogP contribution is -2.32. The largest absolute Gasteiger partial charge is 0.399 e. The molecule has 88 valence electrons. The van der Waals surface area contributed by atoms with Gasteiger partial charge in [0.05, 0.1) is 0 Å². The Bertz CT molecular complexity index is 335. The maximum atomic E-state index is 11.7. The average molecular weight is 221 g/mol. The summed E-state index contributed by atoms with van der Waals surface area (Å²) in [6, 6.07) is 6.92. The molecule has 4 heteroatoms. The molecule has 0 bridgehead atoms. The maximum Gasteiger partial charge on any atom is 0.251 e. The van der Waals surface area contributed by atoms with Crippen molar-refractivity contribution in [1.82, 2.24) is 10.2 Å². The number of carbonyl (C=O) groups is 1. The summed E-state index contributed by atoms with van der Waals surface area (Å²) >= 11 is 0. The van der Waals surface area contributed by atoms with Gasteiger partial charge >= 0.3 is 0 Å². The summed E-state index contributed by atoms with van der Waals surface area (Å²) in [5.41, 5.74) is 6.86. The molecule has 1 aromatic rings. The van der Waals surface area contributed by atoms with Crippen molar-refractivity contribution >= 4 is 11.6 Å². The fourth-order valence-electron chi connectivity index (χ4n) is 1.25. The highest BCUT2D eigenvalue weighted by atomic mass is 16.1. The predicted molar refractivity (Wildman–Crippen MR) is 66.4 cm³/mol. The molecule has 4 nitrogen and oxygen atoms in total. The summed E-state index contributed by atoms with van der Waals surface area (Å²) < 4.78 is 0. The van der Waals surface area contributed by atoms with Crippen LogP contribution in [0.4, 0.5) is 5.69 Å². The standard InChI is InChI=1S/C12H19N3O/c1-3-15(2)9-8-14-12(16)10-4-6-11(13)7-5-10/h4-7H,3,8-9,13H2,1-2H3,(H,14,16). The summed E-state index contributed by atoms with van der Waals surface area (Å²) in [5, 5.41) is 2.86. The number of benzene rings is 1. The van der Waals surface area contributed by atoms with Gasteiger partial charge in [0, 0.05) is 24.3 Å². The molecular weight excluding hydrogens is 202 g/mol. The molecule has 1 aromatic carbocycles. The van der Waals surface area contributed by atoms with Crippen LogP contribution in [0, 0.1) is 0 Å². The van der Waals surface area contributed by atoms with Gasteiger partial charge in [0.2, 0.25) is 0 Å². The second kappa shape index (κ2) is 6.12. The van der Waals surface area contributed by atoms with E-state index in [1.165, 1.54) is 0 Å². The van der Waals surface area contributed by atoms with Gasteiger partial charge in [0.1, 0.15) is 0 Å². The first-order valence-corrected chi connectivity index (χ1v) is 5.45. The minimum absolute atomic E-state index is 0.0514. The highest BCUT2D eigenvalue weighted by molar-refractivity contribution is 5.94. The van der Waals surface area contributed by atoms with Gasteiger partial charge < -0.3 is 16.0 Å².